The Labute approximate surface area is 167 Å². The molecular formula is C19H17F4N3O4. The SMILES string of the molecule is CC(C)C(O)(c1cn[nH]n1)c1ccc2cc(OC(F)F)c(OC(F)F)cc2c1C=O. The second-order valence-corrected chi connectivity index (χ2v) is 6.70. The summed E-state index contributed by atoms with van der Waals surface area (Å²) in [4.78, 5) is 12.0. The molecule has 3 rings (SSSR count). The van der Waals surface area contributed by atoms with Crippen molar-refractivity contribution in [3.05, 3.63) is 47.3 Å². The highest BCUT2D eigenvalue weighted by molar-refractivity contribution is 6.01. The van der Waals surface area contributed by atoms with Crippen LogP contribution in [0.1, 0.15) is 35.5 Å². The monoisotopic (exact) mass is 427 g/mol. The zero-order valence-electron chi connectivity index (χ0n) is 15.8. The van der Waals surface area contributed by atoms with E-state index in [1.54, 1.807) is 13.8 Å². The number of halogens is 4. The number of carbonyl (C=O) groups excluding carboxylic acids is 1. The van der Waals surface area contributed by atoms with Crippen LogP contribution >= 0.6 is 0 Å². The molecule has 30 heavy (non-hydrogen) atoms. The van der Waals surface area contributed by atoms with Gasteiger partial charge in [0.1, 0.15) is 11.3 Å². The Morgan fingerprint density at radius 1 is 1.10 bits per heavy atom. The van der Waals surface area contributed by atoms with Gasteiger partial charge in [-0.1, -0.05) is 26.0 Å². The third kappa shape index (κ3) is 3.80. The van der Waals surface area contributed by atoms with E-state index in [1.807, 2.05) is 0 Å². The molecule has 1 heterocycles. The first-order valence-electron chi connectivity index (χ1n) is 8.73. The largest absolute Gasteiger partial charge is 0.431 e. The Bertz CT molecular complexity index is 1040. The molecule has 0 saturated carbocycles. The quantitative estimate of drug-likeness (QED) is 0.419. The molecule has 0 radical (unpaired) electrons. The van der Waals surface area contributed by atoms with E-state index in [0.29, 0.717) is 6.29 Å². The molecule has 0 fully saturated rings. The van der Waals surface area contributed by atoms with Crippen LogP contribution in [-0.2, 0) is 5.60 Å². The third-order valence-corrected chi connectivity index (χ3v) is 4.73. The molecule has 11 heteroatoms. The number of hydrogen-bond donors (Lipinski definition) is 2. The molecule has 0 bridgehead atoms. The molecule has 3 aromatic rings. The second-order valence-electron chi connectivity index (χ2n) is 6.70. The van der Waals surface area contributed by atoms with E-state index in [-0.39, 0.29) is 27.6 Å². The lowest BCUT2D eigenvalue weighted by molar-refractivity contribution is -0.0690. The highest BCUT2D eigenvalue weighted by Gasteiger charge is 2.40. The van der Waals surface area contributed by atoms with Gasteiger partial charge >= 0.3 is 13.2 Å². The number of fused-ring (bicyclic) bond motifs is 1. The molecule has 0 saturated heterocycles. The van der Waals surface area contributed by atoms with Crippen LogP contribution in [0.25, 0.3) is 10.8 Å². The van der Waals surface area contributed by atoms with Crippen molar-refractivity contribution in [3.63, 3.8) is 0 Å². The number of carbonyl (C=O) groups is 1. The van der Waals surface area contributed by atoms with Gasteiger partial charge in [0.2, 0.25) is 0 Å². The summed E-state index contributed by atoms with van der Waals surface area (Å²) in [6, 6.07) is 4.92. The predicted molar refractivity (Wildman–Crippen MR) is 96.8 cm³/mol. The number of aromatic nitrogens is 3. The lowest BCUT2D eigenvalue weighted by Gasteiger charge is -2.32. The van der Waals surface area contributed by atoms with Crippen LogP contribution in [0.3, 0.4) is 0 Å². The van der Waals surface area contributed by atoms with Crippen molar-refractivity contribution in [2.24, 2.45) is 5.92 Å². The Morgan fingerprint density at radius 3 is 2.23 bits per heavy atom. The van der Waals surface area contributed by atoms with Gasteiger partial charge in [0.05, 0.1) is 6.20 Å². The Morgan fingerprint density at radius 2 is 1.73 bits per heavy atom. The molecule has 7 nitrogen and oxygen atoms in total. The van der Waals surface area contributed by atoms with E-state index >= 15 is 0 Å². The molecular weight excluding hydrogens is 410 g/mol. The molecule has 2 aromatic carbocycles. The van der Waals surface area contributed by atoms with Gasteiger partial charge in [0, 0.05) is 11.1 Å². The molecule has 160 valence electrons. The van der Waals surface area contributed by atoms with Gasteiger partial charge in [0.25, 0.3) is 0 Å². The van der Waals surface area contributed by atoms with Gasteiger partial charge in [-0.3, -0.25) is 4.79 Å². The summed E-state index contributed by atoms with van der Waals surface area (Å²) in [7, 11) is 0. The highest BCUT2D eigenvalue weighted by Crippen LogP contribution is 2.42. The maximum Gasteiger partial charge on any atom is 0.387 e. The van der Waals surface area contributed by atoms with Crippen molar-refractivity contribution in [1.29, 1.82) is 0 Å². The minimum atomic E-state index is -3.31. The number of aliphatic hydroxyl groups is 1. The van der Waals surface area contributed by atoms with Crippen molar-refractivity contribution in [1.82, 2.24) is 15.4 Å². The number of aromatic amines is 1. The standard InChI is InChI=1S/C19H17F4N3O4/c1-9(2)19(28,16-7-24-26-25-16)13-4-3-10-5-14(29-17(20)21)15(30-18(22)23)6-11(10)12(13)8-27/h3-9,17-18,28H,1-2H3,(H,24,25,26). The van der Waals surface area contributed by atoms with Gasteiger partial charge in [-0.05, 0) is 28.8 Å². The Hall–Kier alpha value is -3.21. The van der Waals surface area contributed by atoms with Crippen molar-refractivity contribution >= 4 is 17.1 Å². The average molecular weight is 427 g/mol. The van der Waals surface area contributed by atoms with E-state index in [0.717, 1.165) is 12.1 Å². The third-order valence-electron chi connectivity index (χ3n) is 4.73. The van der Waals surface area contributed by atoms with E-state index in [4.69, 9.17) is 0 Å². The molecule has 0 spiro atoms. The fourth-order valence-electron chi connectivity index (χ4n) is 3.32. The first kappa shape index (κ1) is 21.5. The van der Waals surface area contributed by atoms with Crippen molar-refractivity contribution < 1.29 is 36.9 Å². The fourth-order valence-corrected chi connectivity index (χ4v) is 3.32. The molecule has 0 aliphatic carbocycles. The summed E-state index contributed by atoms with van der Waals surface area (Å²) < 4.78 is 59.5. The number of nitrogens with zero attached hydrogens (tertiary/aromatic N) is 2. The lowest BCUT2D eigenvalue weighted by atomic mass is 9.78. The summed E-state index contributed by atoms with van der Waals surface area (Å²) in [6.45, 7) is -3.20. The number of benzene rings is 2. The van der Waals surface area contributed by atoms with E-state index in [2.05, 4.69) is 24.9 Å². The Balaban J connectivity index is 2.29. The van der Waals surface area contributed by atoms with Gasteiger partial charge < -0.3 is 14.6 Å². The smallest absolute Gasteiger partial charge is 0.387 e. The van der Waals surface area contributed by atoms with Crippen LogP contribution in [0.5, 0.6) is 11.5 Å². The summed E-state index contributed by atoms with van der Waals surface area (Å²) >= 11 is 0. The van der Waals surface area contributed by atoms with Crippen molar-refractivity contribution in [2.45, 2.75) is 32.7 Å². The van der Waals surface area contributed by atoms with Crippen LogP contribution in [0.15, 0.2) is 30.5 Å². The molecule has 2 N–H and O–H groups in total. The first-order chi connectivity index (χ1) is 14.2. The van der Waals surface area contributed by atoms with Crippen molar-refractivity contribution in [3.8, 4) is 11.5 Å². The molecule has 1 atom stereocenters. The minimum Gasteiger partial charge on any atom is -0.431 e. The molecule has 0 aliphatic rings. The van der Waals surface area contributed by atoms with Gasteiger partial charge in [-0.25, -0.2) is 0 Å². The van der Waals surface area contributed by atoms with E-state index < -0.39 is 36.2 Å². The topological polar surface area (TPSA) is 97.3 Å². The summed E-state index contributed by atoms with van der Waals surface area (Å²) in [5.74, 6) is -1.76. The van der Waals surface area contributed by atoms with Gasteiger partial charge in [-0.15, -0.1) is 0 Å². The Kier molecular flexibility index (Phi) is 5.92. The summed E-state index contributed by atoms with van der Waals surface area (Å²) in [5.41, 5.74) is -1.52. The van der Waals surface area contributed by atoms with E-state index in [1.165, 1.54) is 18.3 Å². The number of rotatable bonds is 8. The number of nitrogens with one attached hydrogen (secondary N) is 1. The fraction of sp³-hybridized carbons (Fsp3) is 0.316. The zero-order valence-corrected chi connectivity index (χ0v) is 15.8. The number of H-pyrrole nitrogens is 1. The maximum atomic E-state index is 12.8. The van der Waals surface area contributed by atoms with Crippen LogP contribution in [0.2, 0.25) is 0 Å². The zero-order chi connectivity index (χ0) is 22.1. The number of hydrogen-bond acceptors (Lipinski definition) is 6. The number of aldehydes is 1. The minimum absolute atomic E-state index is 0.0468. The average Bonchev–Trinajstić information content (AvgIpc) is 3.21. The summed E-state index contributed by atoms with van der Waals surface area (Å²) in [5, 5.41) is 21.8. The van der Waals surface area contributed by atoms with Crippen LogP contribution in [-0.4, -0.2) is 40.0 Å². The van der Waals surface area contributed by atoms with Crippen LogP contribution in [0, 0.1) is 5.92 Å². The molecule has 1 unspecified atom stereocenters. The first-order valence-corrected chi connectivity index (χ1v) is 8.73. The highest BCUT2D eigenvalue weighted by atomic mass is 19.3. The van der Waals surface area contributed by atoms with E-state index in [9.17, 15) is 27.5 Å². The molecule has 0 aliphatic heterocycles. The number of alkyl halides is 4. The number of ether oxygens (including phenoxy) is 2. The molecule has 1 aromatic heterocycles. The van der Waals surface area contributed by atoms with Gasteiger partial charge in [-0.2, -0.15) is 33.0 Å². The van der Waals surface area contributed by atoms with Crippen molar-refractivity contribution in [2.75, 3.05) is 0 Å². The maximum absolute atomic E-state index is 12.8. The van der Waals surface area contributed by atoms with Gasteiger partial charge in [0.15, 0.2) is 17.8 Å². The second kappa shape index (κ2) is 8.27. The van der Waals surface area contributed by atoms with Crippen LogP contribution < -0.4 is 9.47 Å². The van der Waals surface area contributed by atoms with Crippen LogP contribution in [0.4, 0.5) is 17.6 Å². The molecule has 0 amide bonds. The lowest BCUT2D eigenvalue weighted by Crippen LogP contribution is -2.35. The summed E-state index contributed by atoms with van der Waals surface area (Å²) in [6.07, 6.45) is 1.73. The predicted octanol–water partition coefficient (Wildman–Crippen LogP) is 3.87. The normalized spacial score (nSPS) is 13.8.